The number of aliphatic carboxylic acids is 2. The summed E-state index contributed by atoms with van der Waals surface area (Å²) in [4.78, 5) is 77.4. The molecule has 0 aromatic heterocycles. The maximum atomic E-state index is 13.6. The number of carboxylic acids is 2. The lowest BCUT2D eigenvalue weighted by atomic mass is 9.96. The fourth-order valence-electron chi connectivity index (χ4n) is 11.3. The SMILES string of the molecule is CCCCCCCCCCCCCCC(CC(=O)NCCC[Si](C)(O[Si](C)(CCCNC(=O)c1ccc(C(=O)c2ccccc2)cc1)OC)O[Si](C)(CCCNC(=O)C(CCCCCCCCCCCCCC)CC(=O)O)O[Si](C)(C)C)C(=O)O. The average molecular weight is 1260 g/mol. The van der Waals surface area contributed by atoms with Crippen LogP contribution >= 0.6 is 0 Å². The molecule has 2 aromatic rings. The van der Waals surface area contributed by atoms with Gasteiger partial charge in [-0.25, -0.2) is 0 Å². The monoisotopic (exact) mass is 1260 g/mol. The minimum Gasteiger partial charge on any atom is -0.481 e. The molecule has 0 aliphatic carbocycles. The van der Waals surface area contributed by atoms with Gasteiger partial charge in [0.15, 0.2) is 14.1 Å². The Morgan fingerprint density at radius 1 is 0.435 bits per heavy atom. The maximum absolute atomic E-state index is 13.6. The zero-order chi connectivity index (χ0) is 62.8. The Bertz CT molecular complexity index is 2170. The first kappa shape index (κ1) is 77.3. The summed E-state index contributed by atoms with van der Waals surface area (Å²) >= 11 is 0. The van der Waals surface area contributed by atoms with Gasteiger partial charge >= 0.3 is 37.6 Å². The van der Waals surface area contributed by atoms with E-state index in [1.807, 2.05) is 31.3 Å². The van der Waals surface area contributed by atoms with Gasteiger partial charge in [-0.05, 0) is 102 Å². The Morgan fingerprint density at radius 2 is 0.824 bits per heavy atom. The summed E-state index contributed by atoms with van der Waals surface area (Å²) < 4.78 is 27.8. The summed E-state index contributed by atoms with van der Waals surface area (Å²) in [5, 5.41) is 28.9. The standard InChI is InChI=1S/C66H117N3O12Si4/c1-10-12-14-16-18-20-22-24-26-28-30-33-42-59(55-62(71)72)65(75)69-50-39-52-84(8,79-82(4,5)6)81-85(9,53-37-48-67-61(70)54-60(66(76)77)43-34-31-29-27-25-23-21-19-17-15-13-11-2)80-83(7,78-3)51-38-49-68-64(74)58-46-44-57(45-47-58)63(73)56-40-35-32-36-41-56/h32,35-36,40-41,44-47,59-60H,10-31,33-34,37-39,42-43,48-55H2,1-9H3,(H,67,70)(H,68,74)(H,69,75)(H,71,72)(H,76,77). The van der Waals surface area contributed by atoms with Crippen molar-refractivity contribution in [3.05, 3.63) is 71.3 Å². The molecule has 15 nitrogen and oxygen atoms in total. The number of rotatable bonds is 54. The Balaban J connectivity index is 2.13. The lowest BCUT2D eigenvalue weighted by Crippen LogP contribution is -2.59. The highest BCUT2D eigenvalue weighted by Crippen LogP contribution is 2.33. The molecule has 0 fully saturated rings. The minimum absolute atomic E-state index is 0.0818. The van der Waals surface area contributed by atoms with Crippen molar-refractivity contribution >= 4 is 69.4 Å². The normalized spacial score (nSPS) is 14.6. The first-order valence-electron chi connectivity index (χ1n) is 33.2. The van der Waals surface area contributed by atoms with Crippen LogP contribution in [0.15, 0.2) is 54.6 Å². The number of nitrogens with one attached hydrogen (secondary N) is 3. The van der Waals surface area contributed by atoms with E-state index >= 15 is 0 Å². The third kappa shape index (κ3) is 36.9. The molecule has 85 heavy (non-hydrogen) atoms. The van der Waals surface area contributed by atoms with E-state index in [4.69, 9.17) is 16.8 Å². The van der Waals surface area contributed by atoms with Crippen molar-refractivity contribution < 1.29 is 55.8 Å². The lowest BCUT2D eigenvalue weighted by molar-refractivity contribution is -0.144. The van der Waals surface area contributed by atoms with E-state index in [9.17, 15) is 39.0 Å². The number of amides is 3. The third-order valence-corrected chi connectivity index (χ3v) is 31.7. The number of carbonyl (C=O) groups is 6. The number of hydrogen-bond acceptors (Lipinski definition) is 10. The Kier molecular flexibility index (Phi) is 40.5. The van der Waals surface area contributed by atoms with E-state index < -0.39 is 57.8 Å². The first-order valence-corrected chi connectivity index (χ1v) is 44.2. The molecule has 0 saturated heterocycles. The summed E-state index contributed by atoms with van der Waals surface area (Å²) in [5.74, 6) is -4.20. The summed E-state index contributed by atoms with van der Waals surface area (Å²) in [6, 6.07) is 17.2. The number of carboxylic acid groups (broad SMARTS) is 2. The lowest BCUT2D eigenvalue weighted by Gasteiger charge is -2.43. The maximum Gasteiger partial charge on any atom is 0.325 e. The number of carbonyl (C=O) groups excluding carboxylic acids is 4. The first-order chi connectivity index (χ1) is 40.6. The predicted molar refractivity (Wildman–Crippen MR) is 354 cm³/mol. The van der Waals surface area contributed by atoms with Crippen LogP contribution in [-0.4, -0.2) is 106 Å². The molecule has 2 aromatic carbocycles. The van der Waals surface area contributed by atoms with Gasteiger partial charge in [-0.3, -0.25) is 28.8 Å². The second-order valence-corrected chi connectivity index (χ2v) is 40.8. The molecule has 484 valence electrons. The summed E-state index contributed by atoms with van der Waals surface area (Å²) in [7, 11) is -9.96. The molecule has 0 bridgehead atoms. The van der Waals surface area contributed by atoms with Crippen LogP contribution in [0, 0.1) is 11.8 Å². The Morgan fingerprint density at radius 3 is 1.27 bits per heavy atom. The number of benzene rings is 2. The molecule has 5 N–H and O–H groups in total. The Hall–Kier alpha value is -3.83. The van der Waals surface area contributed by atoms with E-state index in [1.54, 1.807) is 43.5 Å². The smallest absolute Gasteiger partial charge is 0.325 e. The second-order valence-electron chi connectivity index (χ2n) is 25.4. The van der Waals surface area contributed by atoms with Crippen molar-refractivity contribution in [2.24, 2.45) is 11.8 Å². The van der Waals surface area contributed by atoms with Gasteiger partial charge in [0.25, 0.3) is 5.91 Å². The van der Waals surface area contributed by atoms with E-state index in [-0.39, 0.29) is 36.3 Å². The molecule has 0 saturated carbocycles. The second kappa shape index (κ2) is 44.6. The van der Waals surface area contributed by atoms with Crippen molar-refractivity contribution in [1.29, 1.82) is 0 Å². The molecule has 3 amide bonds. The molecular formula is C66H117N3O12Si4. The molecule has 5 unspecified atom stereocenters. The largest absolute Gasteiger partial charge is 0.481 e. The fourth-order valence-corrected chi connectivity index (χ4v) is 29.9. The summed E-state index contributed by atoms with van der Waals surface area (Å²) in [6.45, 7) is 17.9. The van der Waals surface area contributed by atoms with Crippen molar-refractivity contribution in [2.75, 3.05) is 26.7 Å². The zero-order valence-electron chi connectivity index (χ0n) is 54.5. The minimum atomic E-state index is -3.25. The van der Waals surface area contributed by atoms with Crippen LogP contribution in [0.1, 0.15) is 239 Å². The van der Waals surface area contributed by atoms with Crippen molar-refractivity contribution in [3.63, 3.8) is 0 Å². The number of hydrogen-bond donors (Lipinski definition) is 5. The van der Waals surface area contributed by atoms with E-state index in [0.717, 1.165) is 51.4 Å². The molecule has 0 aliphatic rings. The summed E-state index contributed by atoms with van der Waals surface area (Å²) in [6.07, 6.45) is 31.0. The van der Waals surface area contributed by atoms with Crippen LogP contribution < -0.4 is 16.0 Å². The number of unbranched alkanes of at least 4 members (excludes halogenated alkanes) is 22. The van der Waals surface area contributed by atoms with Gasteiger partial charge in [0.2, 0.25) is 11.8 Å². The highest BCUT2D eigenvalue weighted by Gasteiger charge is 2.49. The molecule has 0 spiro atoms. The van der Waals surface area contributed by atoms with Gasteiger partial charge in [0.1, 0.15) is 0 Å². The number of ketones is 1. The molecule has 2 rings (SSSR count). The van der Waals surface area contributed by atoms with Crippen molar-refractivity contribution in [2.45, 2.75) is 270 Å². The third-order valence-electron chi connectivity index (χ3n) is 16.0. The molecule has 0 heterocycles. The van der Waals surface area contributed by atoms with E-state index in [2.05, 4.69) is 56.0 Å². The molecule has 5 atom stereocenters. The van der Waals surface area contributed by atoms with E-state index in [0.29, 0.717) is 86.6 Å². The molecular weight excluding hydrogens is 1140 g/mol. The van der Waals surface area contributed by atoms with Crippen molar-refractivity contribution in [3.8, 4) is 0 Å². The van der Waals surface area contributed by atoms with Crippen LogP contribution in [0.5, 0.6) is 0 Å². The van der Waals surface area contributed by atoms with E-state index in [1.165, 1.54) is 103 Å². The molecule has 19 heteroatoms. The van der Waals surface area contributed by atoms with Crippen molar-refractivity contribution in [1.82, 2.24) is 16.0 Å². The van der Waals surface area contributed by atoms with Gasteiger partial charge in [-0.1, -0.05) is 210 Å². The van der Waals surface area contributed by atoms with Gasteiger partial charge in [-0.15, -0.1) is 0 Å². The molecule has 0 aliphatic heterocycles. The van der Waals surface area contributed by atoms with Crippen LogP contribution in [0.2, 0.25) is 57.4 Å². The molecule has 0 radical (unpaired) electrons. The quantitative estimate of drug-likeness (QED) is 0.0238. The van der Waals surface area contributed by atoms with Gasteiger partial charge < -0.3 is 42.9 Å². The highest BCUT2D eigenvalue weighted by molar-refractivity contribution is 6.89. The zero-order valence-corrected chi connectivity index (χ0v) is 58.5. The Labute approximate surface area is 518 Å². The highest BCUT2D eigenvalue weighted by atomic mass is 28.5. The van der Waals surface area contributed by atoms with Gasteiger partial charge in [0, 0.05) is 55.8 Å². The summed E-state index contributed by atoms with van der Waals surface area (Å²) in [5.41, 5.74) is 1.51. The van der Waals surface area contributed by atoms with Crippen LogP contribution in [-0.2, 0) is 35.9 Å². The predicted octanol–water partition coefficient (Wildman–Crippen LogP) is 16.2. The van der Waals surface area contributed by atoms with Crippen LogP contribution in [0.3, 0.4) is 0 Å². The topological polar surface area (TPSA) is 216 Å². The van der Waals surface area contributed by atoms with Crippen LogP contribution in [0.25, 0.3) is 0 Å². The van der Waals surface area contributed by atoms with Gasteiger partial charge in [0.05, 0.1) is 12.3 Å². The van der Waals surface area contributed by atoms with Gasteiger partial charge in [-0.2, -0.15) is 0 Å². The fraction of sp³-hybridized carbons (Fsp3) is 0.727. The average Bonchev–Trinajstić information content (AvgIpc) is 3.46. The van der Waals surface area contributed by atoms with Crippen LogP contribution in [0.4, 0.5) is 0 Å².